The van der Waals surface area contributed by atoms with Crippen LogP contribution in [0.25, 0.3) is 6.08 Å². The van der Waals surface area contributed by atoms with Gasteiger partial charge < -0.3 is 10.4 Å². The van der Waals surface area contributed by atoms with Crippen LogP contribution in [0.2, 0.25) is 0 Å². The Morgan fingerprint density at radius 1 is 1.23 bits per heavy atom. The first-order chi connectivity index (χ1) is 10.6. The zero-order chi connectivity index (χ0) is 15.9. The molecule has 108 valence electrons. The molecule has 0 aliphatic heterocycles. The number of hydrogen-bond donors (Lipinski definition) is 2. The van der Waals surface area contributed by atoms with Crippen molar-refractivity contribution in [1.82, 2.24) is 4.98 Å². The fourth-order valence-corrected chi connectivity index (χ4v) is 1.67. The molecule has 1 aromatic carbocycles. The third-order valence-electron chi connectivity index (χ3n) is 2.75. The number of amides is 1. The minimum atomic E-state index is -1.05. The molecular formula is C16H11N3O3. The number of nitrogens with one attached hydrogen (secondary N) is 1. The Labute approximate surface area is 126 Å². The zero-order valence-electron chi connectivity index (χ0n) is 11.4. The van der Waals surface area contributed by atoms with Gasteiger partial charge in [0.05, 0.1) is 5.56 Å². The highest BCUT2D eigenvalue weighted by Gasteiger charge is 2.10. The molecule has 0 unspecified atom stereocenters. The molecule has 0 saturated heterocycles. The van der Waals surface area contributed by atoms with E-state index in [1.165, 1.54) is 36.5 Å². The number of aromatic nitrogens is 1. The first-order valence-corrected chi connectivity index (χ1v) is 6.26. The Hall–Kier alpha value is -3.46. The molecule has 2 aromatic rings. The molecule has 1 amide bonds. The Kier molecular flexibility index (Phi) is 4.63. The summed E-state index contributed by atoms with van der Waals surface area (Å²) in [5, 5.41) is 20.4. The van der Waals surface area contributed by atoms with Crippen LogP contribution in [0.1, 0.15) is 15.9 Å². The van der Waals surface area contributed by atoms with Gasteiger partial charge in [0, 0.05) is 18.1 Å². The van der Waals surface area contributed by atoms with Gasteiger partial charge in [-0.15, -0.1) is 0 Å². The molecule has 6 nitrogen and oxygen atoms in total. The van der Waals surface area contributed by atoms with E-state index in [0.29, 0.717) is 11.3 Å². The molecule has 6 heteroatoms. The van der Waals surface area contributed by atoms with Gasteiger partial charge in [-0.2, -0.15) is 5.26 Å². The Bertz CT molecular complexity index is 759. The second kappa shape index (κ2) is 6.81. The maximum atomic E-state index is 12.0. The summed E-state index contributed by atoms with van der Waals surface area (Å²) in [7, 11) is 0. The van der Waals surface area contributed by atoms with Crippen LogP contribution in [0.15, 0.2) is 54.4 Å². The van der Waals surface area contributed by atoms with E-state index >= 15 is 0 Å². The molecule has 0 spiro atoms. The van der Waals surface area contributed by atoms with E-state index in [2.05, 4.69) is 10.3 Å². The van der Waals surface area contributed by atoms with Gasteiger partial charge in [-0.3, -0.25) is 9.78 Å². The molecule has 0 saturated carbocycles. The maximum absolute atomic E-state index is 12.0. The first-order valence-electron chi connectivity index (χ1n) is 6.26. The Morgan fingerprint density at radius 3 is 2.50 bits per heavy atom. The van der Waals surface area contributed by atoms with Gasteiger partial charge in [-0.1, -0.05) is 6.07 Å². The SMILES string of the molecule is N#C/C(=C\c1cccnc1)C(=O)Nc1ccc(C(=O)O)cc1. The van der Waals surface area contributed by atoms with Gasteiger partial charge in [0.15, 0.2) is 0 Å². The summed E-state index contributed by atoms with van der Waals surface area (Å²) in [6.45, 7) is 0. The van der Waals surface area contributed by atoms with Crippen molar-refractivity contribution in [2.24, 2.45) is 0 Å². The minimum Gasteiger partial charge on any atom is -0.478 e. The van der Waals surface area contributed by atoms with Crippen LogP contribution in [0.4, 0.5) is 5.69 Å². The van der Waals surface area contributed by atoms with Crippen LogP contribution >= 0.6 is 0 Å². The van der Waals surface area contributed by atoms with Crippen LogP contribution in [0.5, 0.6) is 0 Å². The monoisotopic (exact) mass is 293 g/mol. The van der Waals surface area contributed by atoms with Gasteiger partial charge in [-0.05, 0) is 42.0 Å². The Balaban J connectivity index is 2.15. The largest absolute Gasteiger partial charge is 0.478 e. The number of pyridine rings is 1. The normalized spacial score (nSPS) is 10.6. The van der Waals surface area contributed by atoms with Gasteiger partial charge >= 0.3 is 5.97 Å². The lowest BCUT2D eigenvalue weighted by Gasteiger charge is -2.04. The van der Waals surface area contributed by atoms with Gasteiger partial charge in [0.1, 0.15) is 11.6 Å². The van der Waals surface area contributed by atoms with Crippen molar-refractivity contribution in [1.29, 1.82) is 5.26 Å². The molecule has 2 rings (SSSR count). The molecule has 0 bridgehead atoms. The van der Waals surface area contributed by atoms with Crippen molar-refractivity contribution in [2.45, 2.75) is 0 Å². The lowest BCUT2D eigenvalue weighted by atomic mass is 10.1. The van der Waals surface area contributed by atoms with Crippen molar-refractivity contribution in [2.75, 3.05) is 5.32 Å². The molecule has 2 N–H and O–H groups in total. The number of carboxylic acid groups (broad SMARTS) is 1. The van der Waals surface area contributed by atoms with E-state index in [4.69, 9.17) is 10.4 Å². The number of rotatable bonds is 4. The quantitative estimate of drug-likeness (QED) is 0.665. The van der Waals surface area contributed by atoms with Gasteiger partial charge in [0.25, 0.3) is 5.91 Å². The fourth-order valence-electron chi connectivity index (χ4n) is 1.67. The standard InChI is InChI=1S/C16H11N3O3/c17-9-13(8-11-2-1-7-18-10-11)15(20)19-14-5-3-12(4-6-14)16(21)22/h1-8,10H,(H,19,20)(H,21,22)/b13-8+. The minimum absolute atomic E-state index is 0.0738. The smallest absolute Gasteiger partial charge is 0.335 e. The van der Waals surface area contributed by atoms with E-state index in [1.807, 2.05) is 6.07 Å². The van der Waals surface area contributed by atoms with Crippen LogP contribution in [0, 0.1) is 11.3 Å². The molecular weight excluding hydrogens is 282 g/mol. The molecule has 0 atom stereocenters. The van der Waals surface area contributed by atoms with E-state index in [1.54, 1.807) is 18.3 Å². The molecule has 22 heavy (non-hydrogen) atoms. The van der Waals surface area contributed by atoms with Crippen molar-refractivity contribution < 1.29 is 14.7 Å². The molecule has 0 radical (unpaired) electrons. The summed E-state index contributed by atoms with van der Waals surface area (Å²) in [6, 6.07) is 10.9. The lowest BCUT2D eigenvalue weighted by molar-refractivity contribution is -0.112. The van der Waals surface area contributed by atoms with Gasteiger partial charge in [0.2, 0.25) is 0 Å². The summed E-state index contributed by atoms with van der Waals surface area (Å²) in [6.07, 6.45) is 4.55. The highest BCUT2D eigenvalue weighted by Crippen LogP contribution is 2.12. The highest BCUT2D eigenvalue weighted by molar-refractivity contribution is 6.09. The number of hydrogen-bond acceptors (Lipinski definition) is 4. The zero-order valence-corrected chi connectivity index (χ0v) is 11.4. The number of carbonyl (C=O) groups excluding carboxylic acids is 1. The molecule has 1 aromatic heterocycles. The third-order valence-corrected chi connectivity index (χ3v) is 2.75. The second-order valence-corrected chi connectivity index (χ2v) is 4.29. The fraction of sp³-hybridized carbons (Fsp3) is 0. The number of carboxylic acids is 1. The second-order valence-electron chi connectivity index (χ2n) is 4.29. The van der Waals surface area contributed by atoms with Crippen LogP contribution in [-0.4, -0.2) is 22.0 Å². The summed E-state index contributed by atoms with van der Waals surface area (Å²) < 4.78 is 0. The van der Waals surface area contributed by atoms with E-state index < -0.39 is 11.9 Å². The number of benzene rings is 1. The summed E-state index contributed by atoms with van der Waals surface area (Å²) in [5.41, 5.74) is 1.08. The summed E-state index contributed by atoms with van der Waals surface area (Å²) in [5.74, 6) is -1.62. The summed E-state index contributed by atoms with van der Waals surface area (Å²) in [4.78, 5) is 26.7. The maximum Gasteiger partial charge on any atom is 0.335 e. The van der Waals surface area contributed by atoms with Crippen molar-refractivity contribution >= 4 is 23.6 Å². The Morgan fingerprint density at radius 2 is 1.95 bits per heavy atom. The lowest BCUT2D eigenvalue weighted by Crippen LogP contribution is -2.13. The van der Waals surface area contributed by atoms with Crippen LogP contribution < -0.4 is 5.32 Å². The number of anilines is 1. The summed E-state index contributed by atoms with van der Waals surface area (Å²) >= 11 is 0. The van der Waals surface area contributed by atoms with E-state index in [0.717, 1.165) is 0 Å². The molecule has 0 aliphatic carbocycles. The number of carbonyl (C=O) groups is 2. The topological polar surface area (TPSA) is 103 Å². The number of nitrogens with zero attached hydrogens (tertiary/aromatic N) is 2. The van der Waals surface area contributed by atoms with Gasteiger partial charge in [-0.25, -0.2) is 4.79 Å². The van der Waals surface area contributed by atoms with E-state index in [-0.39, 0.29) is 11.1 Å². The number of nitriles is 1. The highest BCUT2D eigenvalue weighted by atomic mass is 16.4. The first kappa shape index (κ1) is 14.9. The molecule has 1 heterocycles. The molecule has 0 fully saturated rings. The third kappa shape index (κ3) is 3.77. The predicted molar refractivity (Wildman–Crippen MR) is 79.9 cm³/mol. The average Bonchev–Trinajstić information content (AvgIpc) is 2.54. The predicted octanol–water partition coefficient (Wildman–Crippen LogP) is 2.33. The number of aromatic carboxylic acids is 1. The van der Waals surface area contributed by atoms with Crippen molar-refractivity contribution in [3.05, 3.63) is 65.5 Å². The average molecular weight is 293 g/mol. The van der Waals surface area contributed by atoms with Crippen molar-refractivity contribution in [3.8, 4) is 6.07 Å². The van der Waals surface area contributed by atoms with Crippen LogP contribution in [0.3, 0.4) is 0 Å². The molecule has 0 aliphatic rings. The van der Waals surface area contributed by atoms with Crippen LogP contribution in [-0.2, 0) is 4.79 Å². The van der Waals surface area contributed by atoms with E-state index in [9.17, 15) is 9.59 Å². The van der Waals surface area contributed by atoms with Crippen molar-refractivity contribution in [3.63, 3.8) is 0 Å².